The molecular formula is C5H10Si. The minimum absolute atomic E-state index is 0.116. The molecule has 0 bridgehead atoms. The van der Waals surface area contributed by atoms with Crippen LogP contribution in [-0.4, -0.2) is 9.52 Å². The Morgan fingerprint density at radius 1 is 1.67 bits per heavy atom. The first kappa shape index (κ1) is 5.78. The van der Waals surface area contributed by atoms with Crippen LogP contribution in [0.1, 0.15) is 13.8 Å². The standard InChI is InChI=1S/C5H10Si/c1-4-6-5(2)3/h1,5H,6H2,2-3H3. The second-order valence-electron chi connectivity index (χ2n) is 1.80. The minimum atomic E-state index is -0.116. The molecule has 0 heterocycles. The molecular weight excluding hydrogens is 88.1 g/mol. The molecule has 0 atom stereocenters. The van der Waals surface area contributed by atoms with Gasteiger partial charge in [0.2, 0.25) is 0 Å². The third-order valence-electron chi connectivity index (χ3n) is 0.526. The molecule has 0 amide bonds. The van der Waals surface area contributed by atoms with Crippen molar-refractivity contribution in [3.63, 3.8) is 0 Å². The van der Waals surface area contributed by atoms with E-state index in [9.17, 15) is 0 Å². The summed E-state index contributed by atoms with van der Waals surface area (Å²) in [5, 5.41) is 0. The van der Waals surface area contributed by atoms with Crippen LogP contribution in [0.3, 0.4) is 0 Å². The lowest BCUT2D eigenvalue weighted by Crippen LogP contribution is -1.88. The zero-order valence-electron chi connectivity index (χ0n) is 4.36. The van der Waals surface area contributed by atoms with Crippen molar-refractivity contribution in [2.45, 2.75) is 19.4 Å². The molecule has 0 radical (unpaired) electrons. The molecule has 0 saturated carbocycles. The SMILES string of the molecule is C#C[SiH2]C(C)C. The highest BCUT2D eigenvalue weighted by Crippen LogP contribution is 1.92. The monoisotopic (exact) mass is 98.1 g/mol. The Hall–Kier alpha value is -0.223. The fraction of sp³-hybridized carbons (Fsp3) is 0.600. The van der Waals surface area contributed by atoms with Crippen molar-refractivity contribution in [3.8, 4) is 12.0 Å². The van der Waals surface area contributed by atoms with E-state index in [0.717, 1.165) is 5.54 Å². The first-order valence-corrected chi connectivity index (χ1v) is 3.73. The Labute approximate surface area is 41.8 Å². The molecule has 0 N–H and O–H groups in total. The highest BCUT2D eigenvalue weighted by Gasteiger charge is 1.85. The number of hydrogen-bond donors (Lipinski definition) is 0. The maximum absolute atomic E-state index is 5.04. The van der Waals surface area contributed by atoms with Crippen LogP contribution in [0.5, 0.6) is 0 Å². The van der Waals surface area contributed by atoms with Gasteiger partial charge in [-0.15, -0.1) is 12.0 Å². The third kappa shape index (κ3) is 3.78. The zero-order chi connectivity index (χ0) is 4.99. The molecule has 0 rings (SSSR count). The summed E-state index contributed by atoms with van der Waals surface area (Å²) < 4.78 is 0. The molecule has 0 fully saturated rings. The predicted molar refractivity (Wildman–Crippen MR) is 32.5 cm³/mol. The van der Waals surface area contributed by atoms with Gasteiger partial charge in [0.15, 0.2) is 0 Å². The number of hydrogen-bond acceptors (Lipinski definition) is 0. The Morgan fingerprint density at radius 3 is 2.17 bits per heavy atom. The van der Waals surface area contributed by atoms with Gasteiger partial charge < -0.3 is 0 Å². The average molecular weight is 98.2 g/mol. The molecule has 0 aromatic carbocycles. The van der Waals surface area contributed by atoms with Gasteiger partial charge in [0, 0.05) is 0 Å². The van der Waals surface area contributed by atoms with E-state index in [4.69, 9.17) is 6.42 Å². The summed E-state index contributed by atoms with van der Waals surface area (Å²) >= 11 is 0. The predicted octanol–water partition coefficient (Wildman–Crippen LogP) is 0.574. The summed E-state index contributed by atoms with van der Waals surface area (Å²) in [7, 11) is -0.116. The summed E-state index contributed by atoms with van der Waals surface area (Å²) in [4.78, 5) is 0. The molecule has 0 aliphatic carbocycles. The molecule has 0 saturated heterocycles. The van der Waals surface area contributed by atoms with Crippen molar-refractivity contribution in [2.24, 2.45) is 0 Å². The fourth-order valence-corrected chi connectivity index (χ4v) is 0.707. The van der Waals surface area contributed by atoms with Crippen LogP contribution in [0.25, 0.3) is 0 Å². The Morgan fingerprint density at radius 2 is 2.17 bits per heavy atom. The van der Waals surface area contributed by atoms with Crippen molar-refractivity contribution >= 4 is 9.52 Å². The van der Waals surface area contributed by atoms with Crippen LogP contribution >= 0.6 is 0 Å². The van der Waals surface area contributed by atoms with E-state index in [0.29, 0.717) is 0 Å². The van der Waals surface area contributed by atoms with Crippen LogP contribution in [0.4, 0.5) is 0 Å². The van der Waals surface area contributed by atoms with Gasteiger partial charge in [-0.1, -0.05) is 13.8 Å². The van der Waals surface area contributed by atoms with Crippen LogP contribution in [0.15, 0.2) is 0 Å². The van der Waals surface area contributed by atoms with Crippen molar-refractivity contribution in [3.05, 3.63) is 0 Å². The van der Waals surface area contributed by atoms with Gasteiger partial charge >= 0.3 is 0 Å². The highest BCUT2D eigenvalue weighted by atomic mass is 28.2. The van der Waals surface area contributed by atoms with Crippen LogP contribution in [-0.2, 0) is 0 Å². The van der Waals surface area contributed by atoms with E-state index in [1.165, 1.54) is 0 Å². The smallest absolute Gasteiger partial charge is 0.109 e. The van der Waals surface area contributed by atoms with Gasteiger partial charge in [0.05, 0.1) is 0 Å². The maximum Gasteiger partial charge on any atom is 0.109 e. The van der Waals surface area contributed by atoms with Gasteiger partial charge in [-0.05, 0) is 5.54 Å². The van der Waals surface area contributed by atoms with Gasteiger partial charge in [0.25, 0.3) is 0 Å². The topological polar surface area (TPSA) is 0 Å². The Kier molecular flexibility index (Phi) is 2.88. The van der Waals surface area contributed by atoms with E-state index < -0.39 is 0 Å². The summed E-state index contributed by atoms with van der Waals surface area (Å²) in [6, 6.07) is 0. The number of terminal acetylenes is 1. The average Bonchev–Trinajstić information content (AvgIpc) is 1.35. The zero-order valence-corrected chi connectivity index (χ0v) is 5.78. The number of rotatable bonds is 1. The minimum Gasteiger partial charge on any atom is -0.143 e. The molecule has 0 aromatic rings. The van der Waals surface area contributed by atoms with E-state index in [2.05, 4.69) is 19.4 Å². The molecule has 34 valence electrons. The molecule has 0 nitrogen and oxygen atoms in total. The molecule has 0 spiro atoms. The van der Waals surface area contributed by atoms with Crippen LogP contribution in [0, 0.1) is 12.0 Å². The second kappa shape index (κ2) is 2.99. The van der Waals surface area contributed by atoms with Gasteiger partial charge in [-0.2, -0.15) is 0 Å². The van der Waals surface area contributed by atoms with Crippen molar-refractivity contribution < 1.29 is 0 Å². The van der Waals surface area contributed by atoms with Gasteiger partial charge in [0.1, 0.15) is 9.52 Å². The van der Waals surface area contributed by atoms with E-state index >= 15 is 0 Å². The summed E-state index contributed by atoms with van der Waals surface area (Å²) in [5.41, 5.74) is 3.51. The van der Waals surface area contributed by atoms with Gasteiger partial charge in [-0.3, -0.25) is 0 Å². The summed E-state index contributed by atoms with van der Waals surface area (Å²) in [5.74, 6) is 0. The summed E-state index contributed by atoms with van der Waals surface area (Å²) in [6.07, 6.45) is 5.04. The van der Waals surface area contributed by atoms with E-state index in [1.54, 1.807) is 0 Å². The van der Waals surface area contributed by atoms with Crippen molar-refractivity contribution in [2.75, 3.05) is 0 Å². The fourth-order valence-electron chi connectivity index (χ4n) is 0.236. The summed E-state index contributed by atoms with van der Waals surface area (Å²) in [6.45, 7) is 4.35. The third-order valence-corrected chi connectivity index (χ3v) is 1.58. The molecule has 0 aromatic heterocycles. The molecule has 1 heteroatoms. The van der Waals surface area contributed by atoms with Crippen molar-refractivity contribution in [1.29, 1.82) is 0 Å². The lowest BCUT2D eigenvalue weighted by molar-refractivity contribution is 1.07. The normalized spacial score (nSPS) is 10.3. The van der Waals surface area contributed by atoms with Crippen molar-refractivity contribution in [1.82, 2.24) is 0 Å². The largest absolute Gasteiger partial charge is 0.143 e. The van der Waals surface area contributed by atoms with E-state index in [-0.39, 0.29) is 9.52 Å². The Bertz CT molecular complexity index is 58.8. The lowest BCUT2D eigenvalue weighted by atomic mass is 10.6. The lowest BCUT2D eigenvalue weighted by Gasteiger charge is -1.88. The molecule has 0 aliphatic rings. The first-order valence-electron chi connectivity index (χ1n) is 2.21. The second-order valence-corrected chi connectivity index (χ2v) is 4.25. The van der Waals surface area contributed by atoms with Crippen LogP contribution < -0.4 is 0 Å². The first-order chi connectivity index (χ1) is 2.77. The molecule has 0 unspecified atom stereocenters. The highest BCUT2D eigenvalue weighted by molar-refractivity contribution is 6.47. The maximum atomic E-state index is 5.04. The van der Waals surface area contributed by atoms with Gasteiger partial charge in [-0.25, -0.2) is 0 Å². The molecule has 6 heavy (non-hydrogen) atoms. The molecule has 0 aliphatic heterocycles. The Balaban J connectivity index is 2.88. The van der Waals surface area contributed by atoms with Crippen LogP contribution in [0.2, 0.25) is 5.54 Å². The quantitative estimate of drug-likeness (QED) is 0.332. The van der Waals surface area contributed by atoms with E-state index in [1.807, 2.05) is 0 Å².